The summed E-state index contributed by atoms with van der Waals surface area (Å²) >= 11 is 1.14. The molecule has 2 N–H and O–H groups in total. The number of aromatic nitrogens is 1. The largest absolute Gasteiger partial charge is 0.493 e. The summed E-state index contributed by atoms with van der Waals surface area (Å²) in [4.78, 5) is 15.7. The van der Waals surface area contributed by atoms with Gasteiger partial charge in [0.05, 0.1) is 29.7 Å². The molecule has 0 aliphatic carbocycles. The Morgan fingerprint density at radius 2 is 1.87 bits per heavy atom. The number of benzene rings is 2. The second-order valence-electron chi connectivity index (χ2n) is 6.25. The molecule has 3 aromatic rings. The summed E-state index contributed by atoms with van der Waals surface area (Å²) < 4.78 is 38.5. The van der Waals surface area contributed by atoms with Crippen molar-refractivity contribution in [2.45, 2.75) is 11.4 Å². The van der Waals surface area contributed by atoms with Crippen molar-refractivity contribution in [1.29, 1.82) is 0 Å². The average Bonchev–Trinajstić information content (AvgIpc) is 3.15. The highest BCUT2D eigenvalue weighted by Crippen LogP contribution is 2.35. The van der Waals surface area contributed by atoms with Crippen molar-refractivity contribution in [3.63, 3.8) is 0 Å². The minimum Gasteiger partial charge on any atom is -0.493 e. The Bertz CT molecular complexity index is 1210. The number of nitro benzene ring substituents is 1. The molecule has 0 radical (unpaired) electrons. The van der Waals surface area contributed by atoms with Crippen LogP contribution in [0.5, 0.6) is 11.5 Å². The molecule has 0 aliphatic heterocycles. The first-order chi connectivity index (χ1) is 14.8. The molecule has 1 aromatic heterocycles. The molecular weight excluding hydrogens is 444 g/mol. The van der Waals surface area contributed by atoms with Gasteiger partial charge in [0.15, 0.2) is 16.6 Å². The summed E-state index contributed by atoms with van der Waals surface area (Å²) in [6.07, 6.45) is 0. The van der Waals surface area contributed by atoms with Crippen LogP contribution in [-0.4, -0.2) is 39.6 Å². The highest BCUT2D eigenvalue weighted by Gasteiger charge is 2.21. The topological polar surface area (TPSA) is 133 Å². The lowest BCUT2D eigenvalue weighted by Gasteiger charge is -2.10. The van der Waals surface area contributed by atoms with Crippen LogP contribution in [0.4, 0.5) is 10.8 Å². The normalized spacial score (nSPS) is 11.2. The summed E-state index contributed by atoms with van der Waals surface area (Å²) in [5.41, 5.74) is 0.911. The highest BCUT2D eigenvalue weighted by atomic mass is 32.2. The Kier molecular flexibility index (Phi) is 6.73. The van der Waals surface area contributed by atoms with E-state index in [1.54, 1.807) is 19.2 Å². The molecule has 164 valence electrons. The van der Waals surface area contributed by atoms with Crippen LogP contribution in [0, 0.1) is 10.1 Å². The number of thiazole rings is 1. The van der Waals surface area contributed by atoms with E-state index in [4.69, 9.17) is 9.47 Å². The molecule has 0 unspecified atom stereocenters. The fourth-order valence-electron chi connectivity index (χ4n) is 2.83. The van der Waals surface area contributed by atoms with Gasteiger partial charge in [0, 0.05) is 35.2 Å². The van der Waals surface area contributed by atoms with Crippen LogP contribution in [0.3, 0.4) is 0 Å². The van der Waals surface area contributed by atoms with E-state index in [2.05, 4.69) is 15.0 Å². The molecule has 2 aromatic carbocycles. The van der Waals surface area contributed by atoms with E-state index in [-0.39, 0.29) is 21.5 Å². The van der Waals surface area contributed by atoms with Crippen LogP contribution in [0.15, 0.2) is 47.4 Å². The minimum atomic E-state index is -3.96. The zero-order chi connectivity index (χ0) is 22.6. The van der Waals surface area contributed by atoms with Crippen molar-refractivity contribution in [1.82, 2.24) is 10.3 Å². The summed E-state index contributed by atoms with van der Waals surface area (Å²) in [6, 6.07) is 10.3. The van der Waals surface area contributed by atoms with E-state index in [1.165, 1.54) is 44.6 Å². The van der Waals surface area contributed by atoms with E-state index in [1.807, 2.05) is 0 Å². The predicted octanol–water partition coefficient (Wildman–Crippen LogP) is 3.26. The lowest BCUT2D eigenvalue weighted by atomic mass is 10.1. The lowest BCUT2D eigenvalue weighted by molar-refractivity contribution is -0.384. The van der Waals surface area contributed by atoms with Gasteiger partial charge in [-0.15, -0.1) is 0 Å². The molecule has 3 rings (SSSR count). The van der Waals surface area contributed by atoms with E-state index in [0.29, 0.717) is 23.6 Å². The second kappa shape index (κ2) is 9.29. The molecule has 0 fully saturated rings. The Morgan fingerprint density at radius 3 is 2.52 bits per heavy atom. The quantitative estimate of drug-likeness (QED) is 0.364. The number of sulfonamides is 1. The van der Waals surface area contributed by atoms with Crippen molar-refractivity contribution >= 4 is 32.2 Å². The molecule has 31 heavy (non-hydrogen) atoms. The zero-order valence-corrected chi connectivity index (χ0v) is 18.5. The maximum atomic E-state index is 12.9. The third-order valence-electron chi connectivity index (χ3n) is 4.25. The Balaban J connectivity index is 1.98. The van der Waals surface area contributed by atoms with E-state index in [9.17, 15) is 18.5 Å². The van der Waals surface area contributed by atoms with Gasteiger partial charge in [-0.2, -0.15) is 0 Å². The van der Waals surface area contributed by atoms with Gasteiger partial charge in [-0.05, 0) is 19.2 Å². The molecular formula is C19H20N4O6S2. The molecule has 12 heteroatoms. The fourth-order valence-corrected chi connectivity index (χ4v) is 5.07. The molecule has 1 heterocycles. The van der Waals surface area contributed by atoms with Gasteiger partial charge in [0.2, 0.25) is 0 Å². The van der Waals surface area contributed by atoms with Crippen molar-refractivity contribution in [3.05, 3.63) is 57.5 Å². The van der Waals surface area contributed by atoms with Gasteiger partial charge in [0.1, 0.15) is 0 Å². The molecule has 0 saturated heterocycles. The molecule has 0 amide bonds. The number of hydrogen-bond acceptors (Lipinski definition) is 9. The zero-order valence-electron chi connectivity index (χ0n) is 16.9. The summed E-state index contributed by atoms with van der Waals surface area (Å²) in [7, 11) is 0.653. The number of methoxy groups -OCH3 is 2. The van der Waals surface area contributed by atoms with Crippen LogP contribution in [0.1, 0.15) is 4.88 Å². The number of rotatable bonds is 9. The van der Waals surface area contributed by atoms with Gasteiger partial charge in [0.25, 0.3) is 15.7 Å². The monoisotopic (exact) mass is 464 g/mol. The van der Waals surface area contributed by atoms with Crippen molar-refractivity contribution < 1.29 is 22.8 Å². The van der Waals surface area contributed by atoms with Gasteiger partial charge in [-0.25, -0.2) is 13.4 Å². The number of nitrogens with one attached hydrogen (secondary N) is 2. The number of nitro groups is 1. The van der Waals surface area contributed by atoms with Gasteiger partial charge in [-0.1, -0.05) is 23.5 Å². The van der Waals surface area contributed by atoms with Crippen LogP contribution >= 0.6 is 11.3 Å². The van der Waals surface area contributed by atoms with E-state index in [0.717, 1.165) is 16.2 Å². The first-order valence-electron chi connectivity index (χ1n) is 8.93. The second-order valence-corrected chi connectivity index (χ2v) is 9.02. The average molecular weight is 465 g/mol. The van der Waals surface area contributed by atoms with Gasteiger partial charge in [-0.3, -0.25) is 14.8 Å². The third kappa shape index (κ3) is 4.93. The molecule has 0 bridgehead atoms. The van der Waals surface area contributed by atoms with E-state index >= 15 is 0 Å². The fraction of sp³-hybridized carbons (Fsp3) is 0.211. The number of anilines is 1. The number of hydrogen-bond donors (Lipinski definition) is 2. The first-order valence-corrected chi connectivity index (χ1v) is 11.2. The summed E-state index contributed by atoms with van der Waals surface area (Å²) in [5.74, 6) is 0.678. The Morgan fingerprint density at radius 1 is 1.13 bits per heavy atom. The van der Waals surface area contributed by atoms with E-state index < -0.39 is 14.9 Å². The van der Waals surface area contributed by atoms with Gasteiger partial charge >= 0.3 is 0 Å². The number of non-ortho nitro benzene ring substituents is 1. The van der Waals surface area contributed by atoms with Crippen LogP contribution in [-0.2, 0) is 16.6 Å². The summed E-state index contributed by atoms with van der Waals surface area (Å²) in [5, 5.41) is 14.2. The molecule has 0 saturated carbocycles. The molecule has 10 nitrogen and oxygen atoms in total. The predicted molar refractivity (Wildman–Crippen MR) is 117 cm³/mol. The van der Waals surface area contributed by atoms with Crippen molar-refractivity contribution in [2.75, 3.05) is 26.0 Å². The summed E-state index contributed by atoms with van der Waals surface area (Å²) in [6.45, 7) is 0.410. The molecule has 0 aliphatic rings. The number of ether oxygens (including phenoxy) is 2. The Hall–Kier alpha value is -3.22. The van der Waals surface area contributed by atoms with Crippen LogP contribution < -0.4 is 19.5 Å². The standard InChI is InChI=1S/C19H20N4O6S2/c1-20-11-17-18(12-5-4-6-13(9-12)23(24)25)21-19(30-17)22-31(26,27)14-7-8-15(28-2)16(10-14)29-3/h4-10,20H,11H2,1-3H3,(H,21,22). The maximum Gasteiger partial charge on any atom is 0.270 e. The SMILES string of the molecule is CNCc1sc(NS(=O)(=O)c2ccc(OC)c(OC)c2)nc1-c1cccc([N+](=O)[O-])c1. The molecule has 0 atom stereocenters. The minimum absolute atomic E-state index is 0.0209. The van der Waals surface area contributed by atoms with Crippen LogP contribution in [0.2, 0.25) is 0 Å². The third-order valence-corrected chi connectivity index (χ3v) is 6.69. The Labute approximate surface area is 183 Å². The smallest absolute Gasteiger partial charge is 0.270 e. The molecule has 0 spiro atoms. The first kappa shape index (κ1) is 22.5. The lowest BCUT2D eigenvalue weighted by Crippen LogP contribution is -2.13. The highest BCUT2D eigenvalue weighted by molar-refractivity contribution is 7.93. The van der Waals surface area contributed by atoms with Crippen LogP contribution in [0.25, 0.3) is 11.3 Å². The van der Waals surface area contributed by atoms with Gasteiger partial charge < -0.3 is 14.8 Å². The van der Waals surface area contributed by atoms with Crippen molar-refractivity contribution in [2.24, 2.45) is 0 Å². The number of nitrogens with zero attached hydrogens (tertiary/aromatic N) is 2. The van der Waals surface area contributed by atoms with Crippen molar-refractivity contribution in [3.8, 4) is 22.8 Å². The maximum absolute atomic E-state index is 12.9.